The molecule has 2 N–H and O–H groups in total. The molecule has 9 heteroatoms. The maximum absolute atomic E-state index is 12.8. The van der Waals surface area contributed by atoms with E-state index in [4.69, 9.17) is 0 Å². The molecule has 3 nitrogen and oxygen atoms in total. The van der Waals surface area contributed by atoms with Crippen molar-refractivity contribution in [1.82, 2.24) is 15.8 Å². The van der Waals surface area contributed by atoms with Crippen molar-refractivity contribution in [3.8, 4) is 0 Å². The van der Waals surface area contributed by atoms with Crippen LogP contribution in [0, 0.1) is 0 Å². The largest absolute Gasteiger partial charge is 0.416 e. The van der Waals surface area contributed by atoms with E-state index >= 15 is 0 Å². The average Bonchev–Trinajstić information content (AvgIpc) is 2.72. The van der Waals surface area contributed by atoms with Gasteiger partial charge in [-0.05, 0) is 54.5 Å². The number of rotatable bonds is 2. The molecule has 2 aliphatic rings. The summed E-state index contributed by atoms with van der Waals surface area (Å²) in [5.41, 5.74) is 5.04. The first kappa shape index (κ1) is 20.9. The molecule has 162 valence electrons. The van der Waals surface area contributed by atoms with Gasteiger partial charge in [0.1, 0.15) is 5.82 Å². The first-order valence-corrected chi connectivity index (χ1v) is 9.31. The molecular weight excluding hydrogens is 420 g/mol. The van der Waals surface area contributed by atoms with Gasteiger partial charge in [0.05, 0.1) is 17.7 Å². The molecule has 2 heterocycles. The van der Waals surface area contributed by atoms with Crippen LogP contribution in [0.5, 0.6) is 0 Å². The van der Waals surface area contributed by atoms with E-state index in [1.807, 2.05) is 13.0 Å². The maximum Gasteiger partial charge on any atom is 0.416 e. The lowest BCUT2D eigenvalue weighted by atomic mass is 10.00. The second-order valence-electron chi connectivity index (χ2n) is 7.18. The van der Waals surface area contributed by atoms with Crippen LogP contribution < -0.4 is 10.7 Å². The molecule has 0 radical (unpaired) electrons. The Morgan fingerprint density at radius 1 is 0.774 bits per heavy atom. The van der Waals surface area contributed by atoms with E-state index < -0.39 is 23.5 Å². The number of hydrazine groups is 1. The van der Waals surface area contributed by atoms with Crippen LogP contribution in [0.1, 0.15) is 29.2 Å². The highest BCUT2D eigenvalue weighted by Crippen LogP contribution is 2.33. The van der Waals surface area contributed by atoms with E-state index in [0.29, 0.717) is 34.8 Å². The third-order valence-corrected chi connectivity index (χ3v) is 5.07. The van der Waals surface area contributed by atoms with Gasteiger partial charge in [0, 0.05) is 17.0 Å². The molecule has 2 aliphatic heterocycles. The molecule has 2 aromatic rings. The van der Waals surface area contributed by atoms with Gasteiger partial charge < -0.3 is 10.7 Å². The fourth-order valence-corrected chi connectivity index (χ4v) is 3.43. The van der Waals surface area contributed by atoms with Crippen LogP contribution >= 0.6 is 0 Å². The molecule has 2 aromatic carbocycles. The molecule has 0 aliphatic carbocycles. The molecule has 0 saturated heterocycles. The topological polar surface area (TPSA) is 27.3 Å². The molecule has 0 bridgehead atoms. The number of nitrogens with zero attached hydrogens (tertiary/aromatic N) is 1. The third-order valence-electron chi connectivity index (χ3n) is 5.07. The molecule has 0 amide bonds. The molecule has 0 unspecified atom stereocenters. The minimum Gasteiger partial charge on any atom is -0.340 e. The molecule has 0 aromatic heterocycles. The fourth-order valence-electron chi connectivity index (χ4n) is 3.43. The van der Waals surface area contributed by atoms with Crippen molar-refractivity contribution in [2.24, 2.45) is 0 Å². The average molecular weight is 437 g/mol. The molecule has 0 saturated carbocycles. The van der Waals surface area contributed by atoms with Gasteiger partial charge in [0.2, 0.25) is 0 Å². The van der Waals surface area contributed by atoms with Gasteiger partial charge in [-0.15, -0.1) is 0 Å². The van der Waals surface area contributed by atoms with Crippen LogP contribution in [0.25, 0.3) is 11.3 Å². The lowest BCUT2D eigenvalue weighted by Gasteiger charge is -2.37. The van der Waals surface area contributed by atoms with Gasteiger partial charge in [0.15, 0.2) is 0 Å². The summed E-state index contributed by atoms with van der Waals surface area (Å²) in [5.74, 6) is 0.637. The lowest BCUT2D eigenvalue weighted by Crippen LogP contribution is -2.45. The highest BCUT2D eigenvalue weighted by atomic mass is 19.4. The Kier molecular flexibility index (Phi) is 4.99. The molecular formula is C22H17F6N3. The molecule has 4 rings (SSSR count). The summed E-state index contributed by atoms with van der Waals surface area (Å²) >= 11 is 0. The quantitative estimate of drug-likeness (QED) is 0.585. The van der Waals surface area contributed by atoms with E-state index in [9.17, 15) is 26.3 Å². The fraction of sp³-hybridized carbons (Fsp3) is 0.182. The van der Waals surface area contributed by atoms with Crippen molar-refractivity contribution in [2.45, 2.75) is 19.3 Å². The first-order chi connectivity index (χ1) is 14.5. The van der Waals surface area contributed by atoms with Crippen LogP contribution in [-0.2, 0) is 12.4 Å². The highest BCUT2D eigenvalue weighted by molar-refractivity contribution is 5.79. The third kappa shape index (κ3) is 4.26. The van der Waals surface area contributed by atoms with E-state index in [0.717, 1.165) is 30.0 Å². The predicted molar refractivity (Wildman–Crippen MR) is 105 cm³/mol. The number of allylic oxidation sites excluding steroid dienone is 3. The summed E-state index contributed by atoms with van der Waals surface area (Å²) < 4.78 is 76.9. The maximum atomic E-state index is 12.8. The Morgan fingerprint density at radius 3 is 1.81 bits per heavy atom. The van der Waals surface area contributed by atoms with Crippen molar-refractivity contribution in [3.63, 3.8) is 0 Å². The molecule has 0 atom stereocenters. The van der Waals surface area contributed by atoms with Gasteiger partial charge in [-0.3, -0.25) is 5.01 Å². The zero-order chi connectivity index (χ0) is 22.4. The SMILES string of the molecule is CC1=C(c2ccc(C(F)(F)F)cc2)C=C2NC(c3ccc(C(F)(F)F)cc3)=CCN2N1. The van der Waals surface area contributed by atoms with Crippen molar-refractivity contribution < 1.29 is 26.3 Å². The Bertz CT molecular complexity index is 1070. The van der Waals surface area contributed by atoms with E-state index in [1.54, 1.807) is 11.1 Å². The van der Waals surface area contributed by atoms with Crippen molar-refractivity contribution in [3.05, 3.63) is 94.5 Å². The molecule has 0 spiro atoms. The zero-order valence-corrected chi connectivity index (χ0v) is 16.2. The molecule has 0 fully saturated rings. The Morgan fingerprint density at radius 2 is 1.29 bits per heavy atom. The minimum atomic E-state index is -4.41. The van der Waals surface area contributed by atoms with Gasteiger partial charge in [-0.1, -0.05) is 24.3 Å². The minimum absolute atomic E-state index is 0.451. The predicted octanol–water partition coefficient (Wildman–Crippen LogP) is 5.76. The van der Waals surface area contributed by atoms with E-state index in [-0.39, 0.29) is 0 Å². The van der Waals surface area contributed by atoms with E-state index in [1.165, 1.54) is 24.3 Å². The first-order valence-electron chi connectivity index (χ1n) is 9.31. The van der Waals surface area contributed by atoms with Gasteiger partial charge in [0.25, 0.3) is 0 Å². The number of benzene rings is 2. The van der Waals surface area contributed by atoms with Gasteiger partial charge in [-0.25, -0.2) is 0 Å². The summed E-state index contributed by atoms with van der Waals surface area (Å²) in [4.78, 5) is 0. The Labute approximate surface area is 174 Å². The number of fused-ring (bicyclic) bond motifs is 1. The normalized spacial score (nSPS) is 16.8. The summed E-state index contributed by atoms with van der Waals surface area (Å²) in [6.45, 7) is 2.27. The summed E-state index contributed by atoms with van der Waals surface area (Å²) in [6, 6.07) is 9.71. The summed E-state index contributed by atoms with van der Waals surface area (Å²) in [5, 5.41) is 4.98. The lowest BCUT2D eigenvalue weighted by molar-refractivity contribution is -0.138. The standard InChI is InChI=1S/C22H17F6N3/c1-13-18(14-2-6-16(7-3-14)21(23,24)25)12-20-29-19(10-11-31(20)30-13)15-4-8-17(9-5-15)22(26,27)28/h2-10,12,29-30H,11H2,1H3. The van der Waals surface area contributed by atoms with Crippen LogP contribution in [0.4, 0.5) is 26.3 Å². The van der Waals surface area contributed by atoms with Crippen LogP contribution in [-0.4, -0.2) is 11.6 Å². The van der Waals surface area contributed by atoms with Gasteiger partial charge in [-0.2, -0.15) is 26.3 Å². The second-order valence-corrected chi connectivity index (χ2v) is 7.18. The number of hydrogen-bond acceptors (Lipinski definition) is 3. The van der Waals surface area contributed by atoms with Crippen LogP contribution in [0.3, 0.4) is 0 Å². The van der Waals surface area contributed by atoms with Crippen molar-refractivity contribution in [2.75, 3.05) is 6.54 Å². The van der Waals surface area contributed by atoms with Crippen molar-refractivity contribution in [1.29, 1.82) is 0 Å². The van der Waals surface area contributed by atoms with E-state index in [2.05, 4.69) is 10.7 Å². The Balaban J connectivity index is 1.58. The molecule has 31 heavy (non-hydrogen) atoms. The number of alkyl halides is 6. The Hall–Kier alpha value is -3.36. The number of halogens is 6. The second kappa shape index (κ2) is 7.40. The smallest absolute Gasteiger partial charge is 0.340 e. The number of hydrogen-bond donors (Lipinski definition) is 2. The van der Waals surface area contributed by atoms with Gasteiger partial charge >= 0.3 is 12.4 Å². The van der Waals surface area contributed by atoms with Crippen molar-refractivity contribution >= 4 is 11.3 Å². The number of nitrogens with one attached hydrogen (secondary N) is 2. The summed E-state index contributed by atoms with van der Waals surface area (Å²) in [7, 11) is 0. The highest BCUT2D eigenvalue weighted by Gasteiger charge is 2.31. The zero-order valence-electron chi connectivity index (χ0n) is 16.2. The van der Waals surface area contributed by atoms with Crippen LogP contribution in [0.2, 0.25) is 0 Å². The van der Waals surface area contributed by atoms with Crippen LogP contribution in [0.15, 0.2) is 72.2 Å². The monoisotopic (exact) mass is 437 g/mol. The summed E-state index contributed by atoms with van der Waals surface area (Å²) in [6.07, 6.45) is -5.18.